The second-order valence-electron chi connectivity index (χ2n) is 4.85. The van der Waals surface area contributed by atoms with Gasteiger partial charge in [-0.15, -0.1) is 0 Å². The van der Waals surface area contributed by atoms with Crippen molar-refractivity contribution in [1.29, 1.82) is 0 Å². The van der Waals surface area contributed by atoms with Crippen molar-refractivity contribution in [3.8, 4) is 0 Å². The SMILES string of the molecule is CC(=O)N[C@H]1c2cccc(F)c2[C@H]2CNC[C@H]21. The van der Waals surface area contributed by atoms with Crippen LogP contribution in [-0.2, 0) is 4.79 Å². The molecule has 0 saturated carbocycles. The maximum absolute atomic E-state index is 13.9. The number of fused-ring (bicyclic) bond motifs is 3. The van der Waals surface area contributed by atoms with Crippen LogP contribution in [0.1, 0.15) is 30.0 Å². The lowest BCUT2D eigenvalue weighted by atomic mass is 9.94. The van der Waals surface area contributed by atoms with Gasteiger partial charge in [0.05, 0.1) is 6.04 Å². The number of nitrogens with one attached hydrogen (secondary N) is 2. The predicted octanol–water partition coefficient (Wildman–Crippen LogP) is 1.32. The highest BCUT2D eigenvalue weighted by molar-refractivity contribution is 5.74. The van der Waals surface area contributed by atoms with Crippen molar-refractivity contribution in [2.45, 2.75) is 18.9 Å². The highest BCUT2D eigenvalue weighted by Gasteiger charge is 2.45. The van der Waals surface area contributed by atoms with Crippen LogP contribution in [0.2, 0.25) is 0 Å². The number of hydrogen-bond donors (Lipinski definition) is 2. The Labute approximate surface area is 99.4 Å². The van der Waals surface area contributed by atoms with E-state index in [0.717, 1.165) is 24.2 Å². The molecular weight excluding hydrogens is 219 g/mol. The summed E-state index contributed by atoms with van der Waals surface area (Å²) in [5.41, 5.74) is 1.75. The molecule has 2 aliphatic rings. The number of hydrogen-bond acceptors (Lipinski definition) is 2. The molecule has 1 aromatic rings. The van der Waals surface area contributed by atoms with E-state index in [1.807, 2.05) is 6.07 Å². The van der Waals surface area contributed by atoms with Gasteiger partial charge in [0.15, 0.2) is 0 Å². The van der Waals surface area contributed by atoms with Gasteiger partial charge in [0.1, 0.15) is 5.82 Å². The van der Waals surface area contributed by atoms with Gasteiger partial charge in [0, 0.05) is 31.8 Å². The molecule has 3 nitrogen and oxygen atoms in total. The molecule has 2 N–H and O–H groups in total. The van der Waals surface area contributed by atoms with Crippen molar-refractivity contribution in [2.24, 2.45) is 5.92 Å². The quantitative estimate of drug-likeness (QED) is 0.769. The number of carbonyl (C=O) groups is 1. The summed E-state index contributed by atoms with van der Waals surface area (Å²) in [6.45, 7) is 3.15. The van der Waals surface area contributed by atoms with Gasteiger partial charge in [-0.2, -0.15) is 0 Å². The maximum Gasteiger partial charge on any atom is 0.217 e. The summed E-state index contributed by atoms with van der Waals surface area (Å²) >= 11 is 0. The van der Waals surface area contributed by atoms with Crippen LogP contribution in [0.3, 0.4) is 0 Å². The van der Waals surface area contributed by atoms with Crippen LogP contribution >= 0.6 is 0 Å². The molecule has 3 atom stereocenters. The Morgan fingerprint density at radius 2 is 2.29 bits per heavy atom. The van der Waals surface area contributed by atoms with Crippen LogP contribution < -0.4 is 10.6 Å². The minimum Gasteiger partial charge on any atom is -0.349 e. The molecule has 0 bridgehead atoms. The van der Waals surface area contributed by atoms with Crippen molar-refractivity contribution in [1.82, 2.24) is 10.6 Å². The Balaban J connectivity index is 2.07. The first-order valence-electron chi connectivity index (χ1n) is 5.94. The highest BCUT2D eigenvalue weighted by atomic mass is 19.1. The zero-order chi connectivity index (χ0) is 12.0. The minimum absolute atomic E-state index is 0.0433. The first-order valence-corrected chi connectivity index (χ1v) is 5.94. The number of carbonyl (C=O) groups excluding carboxylic acids is 1. The summed E-state index contributed by atoms with van der Waals surface area (Å²) < 4.78 is 13.9. The predicted molar refractivity (Wildman–Crippen MR) is 62.1 cm³/mol. The first kappa shape index (κ1) is 10.7. The molecule has 4 heteroatoms. The molecule has 0 radical (unpaired) electrons. The average Bonchev–Trinajstić information content (AvgIpc) is 2.82. The average molecular weight is 234 g/mol. The van der Waals surface area contributed by atoms with Crippen molar-refractivity contribution in [3.63, 3.8) is 0 Å². The normalized spacial score (nSPS) is 29.9. The molecule has 3 rings (SSSR count). The number of amides is 1. The summed E-state index contributed by atoms with van der Waals surface area (Å²) in [5.74, 6) is 0.278. The molecule has 0 spiro atoms. The standard InChI is InChI=1S/C13H15FN2O/c1-7(17)16-13-8-3-2-4-11(14)12(8)9-5-15-6-10(9)13/h2-4,9-10,13,15H,5-6H2,1H3,(H,16,17)/t9-,10+,13-/m0/s1. The van der Waals surface area contributed by atoms with Crippen molar-refractivity contribution in [3.05, 3.63) is 35.1 Å². The Hall–Kier alpha value is -1.42. The Kier molecular flexibility index (Phi) is 2.40. The van der Waals surface area contributed by atoms with Gasteiger partial charge in [-0.3, -0.25) is 4.79 Å². The largest absolute Gasteiger partial charge is 0.349 e. The van der Waals surface area contributed by atoms with Gasteiger partial charge in [0.2, 0.25) is 5.91 Å². The fourth-order valence-electron chi connectivity index (χ4n) is 3.22. The van der Waals surface area contributed by atoms with Crippen LogP contribution in [-0.4, -0.2) is 19.0 Å². The molecule has 1 fully saturated rings. The van der Waals surface area contributed by atoms with Gasteiger partial charge >= 0.3 is 0 Å². The van der Waals surface area contributed by atoms with Crippen molar-refractivity contribution < 1.29 is 9.18 Å². The molecule has 0 unspecified atom stereocenters. The van der Waals surface area contributed by atoms with E-state index in [9.17, 15) is 9.18 Å². The van der Waals surface area contributed by atoms with E-state index in [1.165, 1.54) is 13.0 Å². The fourth-order valence-corrected chi connectivity index (χ4v) is 3.22. The monoisotopic (exact) mass is 234 g/mol. The molecular formula is C13H15FN2O. The molecule has 0 aromatic heterocycles. The van der Waals surface area contributed by atoms with Gasteiger partial charge in [0.25, 0.3) is 0 Å². The Morgan fingerprint density at radius 1 is 1.47 bits per heavy atom. The zero-order valence-electron chi connectivity index (χ0n) is 9.66. The van der Waals surface area contributed by atoms with Crippen LogP contribution in [0, 0.1) is 11.7 Å². The molecule has 17 heavy (non-hydrogen) atoms. The summed E-state index contributed by atoms with van der Waals surface area (Å²) in [5, 5.41) is 6.23. The number of benzene rings is 1. The summed E-state index contributed by atoms with van der Waals surface area (Å²) in [7, 11) is 0. The van der Waals surface area contributed by atoms with Gasteiger partial charge < -0.3 is 10.6 Å². The van der Waals surface area contributed by atoms with E-state index < -0.39 is 0 Å². The Bertz CT molecular complexity index is 474. The molecule has 1 aliphatic carbocycles. The van der Waals surface area contributed by atoms with E-state index in [1.54, 1.807) is 6.07 Å². The van der Waals surface area contributed by atoms with E-state index in [4.69, 9.17) is 0 Å². The Morgan fingerprint density at radius 3 is 3.06 bits per heavy atom. The smallest absolute Gasteiger partial charge is 0.217 e. The second-order valence-corrected chi connectivity index (χ2v) is 4.85. The highest BCUT2D eigenvalue weighted by Crippen LogP contribution is 2.47. The third kappa shape index (κ3) is 1.55. The summed E-state index contributed by atoms with van der Waals surface area (Å²) in [6.07, 6.45) is 0. The van der Waals surface area contributed by atoms with E-state index in [0.29, 0.717) is 0 Å². The first-order chi connectivity index (χ1) is 8.18. The molecule has 1 amide bonds. The number of halogens is 1. The lowest BCUT2D eigenvalue weighted by Gasteiger charge is -2.19. The van der Waals surface area contributed by atoms with Gasteiger partial charge in [-0.05, 0) is 17.2 Å². The van der Waals surface area contributed by atoms with Crippen LogP contribution in [0.15, 0.2) is 18.2 Å². The lowest BCUT2D eigenvalue weighted by Crippen LogP contribution is -2.31. The molecule has 1 aromatic carbocycles. The summed E-state index contributed by atoms with van der Waals surface area (Å²) in [6, 6.07) is 5.11. The van der Waals surface area contributed by atoms with E-state index >= 15 is 0 Å². The fraction of sp³-hybridized carbons (Fsp3) is 0.462. The molecule has 1 aliphatic heterocycles. The van der Waals surface area contributed by atoms with Crippen LogP contribution in [0.4, 0.5) is 4.39 Å². The van der Waals surface area contributed by atoms with Crippen molar-refractivity contribution in [2.75, 3.05) is 13.1 Å². The van der Waals surface area contributed by atoms with E-state index in [-0.39, 0.29) is 29.6 Å². The number of rotatable bonds is 1. The maximum atomic E-state index is 13.9. The lowest BCUT2D eigenvalue weighted by molar-refractivity contribution is -0.120. The van der Waals surface area contributed by atoms with Crippen LogP contribution in [0.25, 0.3) is 0 Å². The third-order valence-corrected chi connectivity index (χ3v) is 3.84. The van der Waals surface area contributed by atoms with E-state index in [2.05, 4.69) is 10.6 Å². The molecule has 1 saturated heterocycles. The zero-order valence-corrected chi connectivity index (χ0v) is 9.66. The topological polar surface area (TPSA) is 41.1 Å². The summed E-state index contributed by atoms with van der Waals surface area (Å²) in [4.78, 5) is 11.3. The van der Waals surface area contributed by atoms with Crippen LogP contribution in [0.5, 0.6) is 0 Å². The third-order valence-electron chi connectivity index (χ3n) is 3.84. The second kappa shape index (κ2) is 3.81. The van der Waals surface area contributed by atoms with Gasteiger partial charge in [-0.1, -0.05) is 12.1 Å². The molecule has 1 heterocycles. The minimum atomic E-state index is -0.144. The van der Waals surface area contributed by atoms with Crippen molar-refractivity contribution >= 4 is 5.91 Å². The molecule has 90 valence electrons. The van der Waals surface area contributed by atoms with Gasteiger partial charge in [-0.25, -0.2) is 4.39 Å².